The van der Waals surface area contributed by atoms with E-state index in [4.69, 9.17) is 0 Å². The monoisotopic (exact) mass is 140 g/mol. The molecule has 0 aliphatic carbocycles. The number of hydrogen-bond acceptors (Lipinski definition) is 2. The summed E-state index contributed by atoms with van der Waals surface area (Å²) < 4.78 is 0. The minimum atomic E-state index is -0.0400. The van der Waals surface area contributed by atoms with Crippen molar-refractivity contribution in [3.05, 3.63) is 11.6 Å². The molecule has 0 heterocycles. The van der Waals surface area contributed by atoms with Crippen LogP contribution in [-0.4, -0.2) is 11.6 Å². The number of ketones is 2. The van der Waals surface area contributed by atoms with Gasteiger partial charge in [-0.15, -0.1) is 0 Å². The van der Waals surface area contributed by atoms with Crippen molar-refractivity contribution in [2.24, 2.45) is 0 Å². The number of hydrogen-bond donors (Lipinski definition) is 0. The van der Waals surface area contributed by atoms with Crippen LogP contribution in [0.4, 0.5) is 0 Å². The van der Waals surface area contributed by atoms with Crippen molar-refractivity contribution in [2.75, 3.05) is 0 Å². The molecule has 0 aromatic rings. The molecule has 0 saturated carbocycles. The molecule has 0 aromatic heterocycles. The van der Waals surface area contributed by atoms with Gasteiger partial charge in [-0.1, -0.05) is 6.92 Å². The van der Waals surface area contributed by atoms with Gasteiger partial charge in [0.2, 0.25) is 0 Å². The van der Waals surface area contributed by atoms with E-state index < -0.39 is 0 Å². The Morgan fingerprint density at radius 2 is 1.80 bits per heavy atom. The van der Waals surface area contributed by atoms with Crippen LogP contribution in [0.25, 0.3) is 0 Å². The van der Waals surface area contributed by atoms with Crippen LogP contribution in [0.1, 0.15) is 27.2 Å². The van der Waals surface area contributed by atoms with Crippen LogP contribution in [-0.2, 0) is 9.59 Å². The Kier molecular flexibility index (Phi) is 3.62. The molecule has 0 amide bonds. The van der Waals surface area contributed by atoms with Gasteiger partial charge in [0, 0.05) is 6.42 Å². The van der Waals surface area contributed by atoms with E-state index in [1.807, 2.05) is 0 Å². The van der Waals surface area contributed by atoms with Crippen LogP contribution in [0.3, 0.4) is 0 Å². The fourth-order valence-corrected chi connectivity index (χ4v) is 0.445. The van der Waals surface area contributed by atoms with E-state index in [2.05, 4.69) is 0 Å². The van der Waals surface area contributed by atoms with Gasteiger partial charge in [0.1, 0.15) is 0 Å². The molecule has 0 radical (unpaired) electrons. The lowest BCUT2D eigenvalue weighted by Crippen LogP contribution is -1.96. The van der Waals surface area contributed by atoms with E-state index in [1.165, 1.54) is 13.0 Å². The molecule has 0 unspecified atom stereocenters. The summed E-state index contributed by atoms with van der Waals surface area (Å²) in [5, 5.41) is 0. The van der Waals surface area contributed by atoms with Gasteiger partial charge in [-0.25, -0.2) is 0 Å². The summed E-state index contributed by atoms with van der Waals surface area (Å²) in [6.45, 7) is 4.87. The van der Waals surface area contributed by atoms with Crippen molar-refractivity contribution in [2.45, 2.75) is 27.2 Å². The second-order valence-corrected chi connectivity index (χ2v) is 2.20. The molecular weight excluding hydrogens is 128 g/mol. The standard InChI is InChI=1S/C8H12O2/c1-4-8(10)5-6(2)7(3)9/h5H,4H2,1-3H3/b6-5+. The van der Waals surface area contributed by atoms with Gasteiger partial charge in [-0.2, -0.15) is 0 Å². The van der Waals surface area contributed by atoms with E-state index in [9.17, 15) is 9.59 Å². The zero-order chi connectivity index (χ0) is 8.15. The average Bonchev–Trinajstić information content (AvgIpc) is 1.87. The van der Waals surface area contributed by atoms with Crippen molar-refractivity contribution in [1.29, 1.82) is 0 Å². The third-order valence-electron chi connectivity index (χ3n) is 1.28. The normalized spacial score (nSPS) is 11.3. The summed E-state index contributed by atoms with van der Waals surface area (Å²) in [5.74, 6) is -0.0329. The van der Waals surface area contributed by atoms with E-state index in [1.54, 1.807) is 13.8 Å². The quantitative estimate of drug-likeness (QED) is 0.557. The summed E-state index contributed by atoms with van der Waals surface area (Å²) in [7, 11) is 0. The van der Waals surface area contributed by atoms with E-state index in [0.717, 1.165) is 0 Å². The third kappa shape index (κ3) is 3.17. The summed E-state index contributed by atoms with van der Waals surface area (Å²) >= 11 is 0. The van der Waals surface area contributed by atoms with Gasteiger partial charge in [-0.3, -0.25) is 9.59 Å². The molecule has 0 aliphatic rings. The SMILES string of the molecule is CCC(=O)/C=C(\C)C(C)=O. The number of Topliss-reactive ketones (excluding diaryl/α,β-unsaturated/α-hetero) is 1. The predicted octanol–water partition coefficient (Wildman–Crippen LogP) is 1.50. The number of carbonyl (C=O) groups is 2. The number of carbonyl (C=O) groups excluding carboxylic acids is 2. The highest BCUT2D eigenvalue weighted by molar-refractivity contribution is 6.01. The molecule has 0 spiro atoms. The van der Waals surface area contributed by atoms with E-state index in [0.29, 0.717) is 12.0 Å². The Balaban J connectivity index is 4.16. The van der Waals surface area contributed by atoms with E-state index in [-0.39, 0.29) is 11.6 Å². The molecule has 56 valence electrons. The summed E-state index contributed by atoms with van der Waals surface area (Å²) in [6, 6.07) is 0. The maximum Gasteiger partial charge on any atom is 0.155 e. The van der Waals surface area contributed by atoms with Crippen molar-refractivity contribution in [3.8, 4) is 0 Å². The fraction of sp³-hybridized carbons (Fsp3) is 0.500. The van der Waals surface area contributed by atoms with Gasteiger partial charge in [-0.05, 0) is 25.5 Å². The molecule has 0 bridgehead atoms. The van der Waals surface area contributed by atoms with Crippen LogP contribution >= 0.6 is 0 Å². The van der Waals surface area contributed by atoms with E-state index >= 15 is 0 Å². The molecule has 0 rings (SSSR count). The number of allylic oxidation sites excluding steroid dienone is 2. The lowest BCUT2D eigenvalue weighted by atomic mass is 10.1. The molecule has 0 N–H and O–H groups in total. The molecule has 0 atom stereocenters. The Labute approximate surface area is 60.9 Å². The van der Waals surface area contributed by atoms with Crippen LogP contribution in [0.5, 0.6) is 0 Å². The van der Waals surface area contributed by atoms with Crippen LogP contribution in [0.2, 0.25) is 0 Å². The highest BCUT2D eigenvalue weighted by Gasteiger charge is 1.98. The molecule has 0 saturated heterocycles. The molecule has 0 aliphatic heterocycles. The summed E-state index contributed by atoms with van der Waals surface area (Å²) in [5.41, 5.74) is 0.534. The van der Waals surface area contributed by atoms with Crippen molar-refractivity contribution in [3.63, 3.8) is 0 Å². The lowest BCUT2D eigenvalue weighted by Gasteiger charge is -1.90. The lowest BCUT2D eigenvalue weighted by molar-refractivity contribution is -0.116. The zero-order valence-electron chi connectivity index (χ0n) is 6.60. The van der Waals surface area contributed by atoms with Gasteiger partial charge >= 0.3 is 0 Å². The van der Waals surface area contributed by atoms with Crippen LogP contribution < -0.4 is 0 Å². The van der Waals surface area contributed by atoms with Crippen molar-refractivity contribution >= 4 is 11.6 Å². The van der Waals surface area contributed by atoms with Gasteiger partial charge in [0.25, 0.3) is 0 Å². The number of rotatable bonds is 3. The first-order valence-electron chi connectivity index (χ1n) is 3.30. The highest BCUT2D eigenvalue weighted by atomic mass is 16.1. The first kappa shape index (κ1) is 9.08. The molecule has 0 fully saturated rings. The fourth-order valence-electron chi connectivity index (χ4n) is 0.445. The third-order valence-corrected chi connectivity index (χ3v) is 1.28. The minimum absolute atomic E-state index is 0.00713. The van der Waals surface area contributed by atoms with Crippen LogP contribution in [0, 0.1) is 0 Å². The highest BCUT2D eigenvalue weighted by Crippen LogP contribution is 1.95. The average molecular weight is 140 g/mol. The Hall–Kier alpha value is -0.920. The predicted molar refractivity (Wildman–Crippen MR) is 39.7 cm³/mol. The summed E-state index contributed by atoms with van der Waals surface area (Å²) in [4.78, 5) is 21.3. The Morgan fingerprint density at radius 1 is 1.30 bits per heavy atom. The first-order valence-corrected chi connectivity index (χ1v) is 3.30. The molecule has 10 heavy (non-hydrogen) atoms. The Morgan fingerprint density at radius 3 is 2.10 bits per heavy atom. The maximum atomic E-state index is 10.7. The molecule has 2 nitrogen and oxygen atoms in total. The molecular formula is C8H12O2. The largest absolute Gasteiger partial charge is 0.295 e. The maximum absolute atomic E-state index is 10.7. The van der Waals surface area contributed by atoms with Crippen LogP contribution in [0.15, 0.2) is 11.6 Å². The minimum Gasteiger partial charge on any atom is -0.295 e. The second kappa shape index (κ2) is 3.99. The second-order valence-electron chi connectivity index (χ2n) is 2.20. The van der Waals surface area contributed by atoms with Crippen molar-refractivity contribution < 1.29 is 9.59 Å². The van der Waals surface area contributed by atoms with Gasteiger partial charge in [0.05, 0.1) is 0 Å². The zero-order valence-corrected chi connectivity index (χ0v) is 6.60. The molecule has 2 heteroatoms. The van der Waals surface area contributed by atoms with Gasteiger partial charge in [0.15, 0.2) is 11.6 Å². The summed E-state index contributed by atoms with van der Waals surface area (Å²) in [6.07, 6.45) is 1.85. The smallest absolute Gasteiger partial charge is 0.155 e. The first-order chi connectivity index (χ1) is 4.57. The Bertz CT molecular complexity index is 178. The van der Waals surface area contributed by atoms with Gasteiger partial charge < -0.3 is 0 Å². The topological polar surface area (TPSA) is 34.1 Å². The van der Waals surface area contributed by atoms with Crippen molar-refractivity contribution in [1.82, 2.24) is 0 Å². The molecule has 0 aromatic carbocycles.